The molecule has 1 saturated carbocycles. The number of hydrogen-bond acceptors (Lipinski definition) is 3. The van der Waals surface area contributed by atoms with Crippen molar-refractivity contribution in [3.8, 4) is 17.2 Å². The number of rotatable bonds is 5. The minimum atomic E-state index is 0.487. The van der Waals surface area contributed by atoms with Gasteiger partial charge in [-0.05, 0) is 60.1 Å². The Bertz CT molecular complexity index is 489. The molecule has 3 atom stereocenters. The van der Waals surface area contributed by atoms with Crippen LogP contribution in [0.15, 0.2) is 12.1 Å². The zero-order chi connectivity index (χ0) is 17.1. The zero-order valence-corrected chi connectivity index (χ0v) is 15.7. The lowest BCUT2D eigenvalue weighted by Gasteiger charge is -2.40. The summed E-state index contributed by atoms with van der Waals surface area (Å²) in [5.74, 6) is 5.75. The van der Waals surface area contributed by atoms with Gasteiger partial charge >= 0.3 is 0 Å². The molecule has 0 heterocycles. The van der Waals surface area contributed by atoms with Crippen molar-refractivity contribution in [2.24, 2.45) is 23.7 Å². The van der Waals surface area contributed by atoms with Crippen molar-refractivity contribution in [2.45, 2.75) is 46.5 Å². The molecule has 2 rings (SSSR count). The van der Waals surface area contributed by atoms with Crippen molar-refractivity contribution in [3.05, 3.63) is 17.7 Å². The van der Waals surface area contributed by atoms with Gasteiger partial charge in [0, 0.05) is 0 Å². The van der Waals surface area contributed by atoms with E-state index in [-0.39, 0.29) is 0 Å². The van der Waals surface area contributed by atoms with Gasteiger partial charge in [0.2, 0.25) is 5.75 Å². The SMILES string of the molecule is COc1cc(C(C)C2CC(C)C(C)C(C)C2)cc(OC)c1OC. The molecule has 23 heavy (non-hydrogen) atoms. The Morgan fingerprint density at radius 2 is 1.35 bits per heavy atom. The minimum absolute atomic E-state index is 0.487. The molecule has 0 N–H and O–H groups in total. The molecular weight excluding hydrogens is 288 g/mol. The van der Waals surface area contributed by atoms with Crippen molar-refractivity contribution in [1.82, 2.24) is 0 Å². The summed E-state index contributed by atoms with van der Waals surface area (Å²) >= 11 is 0. The summed E-state index contributed by atoms with van der Waals surface area (Å²) in [7, 11) is 5.01. The van der Waals surface area contributed by atoms with E-state index in [0.29, 0.717) is 17.6 Å². The highest BCUT2D eigenvalue weighted by molar-refractivity contribution is 5.54. The third-order valence-electron chi connectivity index (χ3n) is 6.06. The lowest BCUT2D eigenvalue weighted by Crippen LogP contribution is -2.30. The van der Waals surface area contributed by atoms with E-state index in [1.165, 1.54) is 18.4 Å². The van der Waals surface area contributed by atoms with Crippen molar-refractivity contribution in [1.29, 1.82) is 0 Å². The smallest absolute Gasteiger partial charge is 0.203 e. The lowest BCUT2D eigenvalue weighted by atomic mass is 9.66. The lowest BCUT2D eigenvalue weighted by molar-refractivity contribution is 0.128. The first-order valence-corrected chi connectivity index (χ1v) is 8.72. The largest absolute Gasteiger partial charge is 0.493 e. The molecule has 0 amide bonds. The summed E-state index contributed by atoms with van der Waals surface area (Å²) in [6.45, 7) is 9.53. The molecule has 1 aromatic rings. The van der Waals surface area contributed by atoms with Crippen molar-refractivity contribution in [2.75, 3.05) is 21.3 Å². The van der Waals surface area contributed by atoms with E-state index in [9.17, 15) is 0 Å². The van der Waals surface area contributed by atoms with Crippen LogP contribution in [0.25, 0.3) is 0 Å². The minimum Gasteiger partial charge on any atom is -0.493 e. The number of ether oxygens (including phenoxy) is 3. The Morgan fingerprint density at radius 3 is 1.74 bits per heavy atom. The second-order valence-corrected chi connectivity index (χ2v) is 7.29. The average molecular weight is 320 g/mol. The van der Waals surface area contributed by atoms with Crippen LogP contribution in [0.3, 0.4) is 0 Å². The number of benzene rings is 1. The first kappa shape index (κ1) is 18.0. The van der Waals surface area contributed by atoms with Crippen LogP contribution in [0.5, 0.6) is 17.2 Å². The molecule has 130 valence electrons. The fraction of sp³-hybridized carbons (Fsp3) is 0.700. The Morgan fingerprint density at radius 1 is 0.870 bits per heavy atom. The van der Waals surface area contributed by atoms with Gasteiger partial charge in [-0.1, -0.05) is 27.7 Å². The van der Waals surface area contributed by atoms with Crippen molar-refractivity contribution >= 4 is 0 Å². The molecule has 0 aromatic heterocycles. The molecular formula is C20H32O3. The van der Waals surface area contributed by atoms with Gasteiger partial charge in [-0.2, -0.15) is 0 Å². The highest BCUT2D eigenvalue weighted by Gasteiger charge is 2.33. The van der Waals surface area contributed by atoms with Gasteiger partial charge in [-0.15, -0.1) is 0 Å². The van der Waals surface area contributed by atoms with E-state index in [0.717, 1.165) is 29.3 Å². The molecule has 0 aliphatic heterocycles. The number of methoxy groups -OCH3 is 3. The van der Waals surface area contributed by atoms with Crippen LogP contribution >= 0.6 is 0 Å². The maximum absolute atomic E-state index is 5.51. The normalized spacial score (nSPS) is 29.0. The summed E-state index contributed by atoms with van der Waals surface area (Å²) in [6.07, 6.45) is 2.59. The van der Waals surface area contributed by atoms with Gasteiger partial charge in [0.15, 0.2) is 11.5 Å². The van der Waals surface area contributed by atoms with Gasteiger partial charge in [0.05, 0.1) is 21.3 Å². The van der Waals surface area contributed by atoms with E-state index in [4.69, 9.17) is 14.2 Å². The van der Waals surface area contributed by atoms with Gasteiger partial charge in [0.25, 0.3) is 0 Å². The molecule has 3 unspecified atom stereocenters. The highest BCUT2D eigenvalue weighted by Crippen LogP contribution is 2.46. The standard InChI is InChI=1S/C20H32O3/c1-12-8-16(9-13(2)14(12)3)15(4)17-10-18(21-5)20(23-7)19(11-17)22-6/h10-16H,8-9H2,1-7H3. The molecule has 0 bridgehead atoms. The first-order chi connectivity index (χ1) is 10.9. The zero-order valence-electron chi connectivity index (χ0n) is 15.7. The van der Waals surface area contributed by atoms with Crippen LogP contribution in [-0.4, -0.2) is 21.3 Å². The summed E-state index contributed by atoms with van der Waals surface area (Å²) < 4.78 is 16.5. The quantitative estimate of drug-likeness (QED) is 0.752. The topological polar surface area (TPSA) is 27.7 Å². The molecule has 0 radical (unpaired) electrons. The summed E-state index contributed by atoms with van der Waals surface area (Å²) in [5, 5.41) is 0. The summed E-state index contributed by atoms with van der Waals surface area (Å²) in [6, 6.07) is 4.22. The Hall–Kier alpha value is -1.38. The van der Waals surface area contributed by atoms with Crippen LogP contribution in [0.4, 0.5) is 0 Å². The van der Waals surface area contributed by atoms with E-state index >= 15 is 0 Å². The van der Waals surface area contributed by atoms with Gasteiger partial charge in [-0.3, -0.25) is 0 Å². The second kappa shape index (κ2) is 7.46. The molecule has 0 saturated heterocycles. The fourth-order valence-electron chi connectivity index (χ4n) is 4.09. The number of hydrogen-bond donors (Lipinski definition) is 0. The maximum Gasteiger partial charge on any atom is 0.203 e. The van der Waals surface area contributed by atoms with Crippen LogP contribution in [0.1, 0.15) is 52.0 Å². The van der Waals surface area contributed by atoms with E-state index in [1.807, 2.05) is 0 Å². The molecule has 1 aliphatic carbocycles. The Balaban J connectivity index is 2.30. The average Bonchev–Trinajstić information content (AvgIpc) is 2.56. The third-order valence-corrected chi connectivity index (χ3v) is 6.06. The van der Waals surface area contributed by atoms with Crippen molar-refractivity contribution in [3.63, 3.8) is 0 Å². The predicted molar refractivity (Wildman–Crippen MR) is 94.7 cm³/mol. The molecule has 3 nitrogen and oxygen atoms in total. The third kappa shape index (κ3) is 3.59. The molecule has 0 spiro atoms. The van der Waals surface area contributed by atoms with Crippen LogP contribution in [-0.2, 0) is 0 Å². The van der Waals surface area contributed by atoms with Gasteiger partial charge in [0.1, 0.15) is 0 Å². The second-order valence-electron chi connectivity index (χ2n) is 7.29. The fourth-order valence-corrected chi connectivity index (χ4v) is 4.09. The Labute approximate surface area is 141 Å². The van der Waals surface area contributed by atoms with E-state index in [1.54, 1.807) is 21.3 Å². The molecule has 3 heteroatoms. The monoisotopic (exact) mass is 320 g/mol. The van der Waals surface area contributed by atoms with E-state index in [2.05, 4.69) is 39.8 Å². The summed E-state index contributed by atoms with van der Waals surface area (Å²) in [5.41, 5.74) is 1.28. The first-order valence-electron chi connectivity index (χ1n) is 8.72. The van der Waals surface area contributed by atoms with Crippen LogP contribution < -0.4 is 14.2 Å². The van der Waals surface area contributed by atoms with Crippen LogP contribution in [0, 0.1) is 23.7 Å². The Kier molecular flexibility index (Phi) is 5.83. The van der Waals surface area contributed by atoms with Crippen molar-refractivity contribution < 1.29 is 14.2 Å². The van der Waals surface area contributed by atoms with Gasteiger partial charge < -0.3 is 14.2 Å². The highest BCUT2D eigenvalue weighted by atomic mass is 16.5. The summed E-state index contributed by atoms with van der Waals surface area (Å²) in [4.78, 5) is 0. The maximum atomic E-state index is 5.51. The molecule has 1 fully saturated rings. The molecule has 1 aliphatic rings. The molecule has 1 aromatic carbocycles. The van der Waals surface area contributed by atoms with Crippen LogP contribution in [0.2, 0.25) is 0 Å². The van der Waals surface area contributed by atoms with E-state index < -0.39 is 0 Å². The predicted octanol–water partition coefficient (Wildman–Crippen LogP) is 5.13. The van der Waals surface area contributed by atoms with Gasteiger partial charge in [-0.25, -0.2) is 0 Å².